The monoisotopic (exact) mass is 820 g/mol. The number of aromatic nitrogens is 1. The molecule has 63 heavy (non-hydrogen) atoms. The minimum Gasteiger partial charge on any atom is -0.310 e. The van der Waals surface area contributed by atoms with Crippen molar-refractivity contribution in [2.45, 2.75) is 0 Å². The number of hydrogen-bond acceptors (Lipinski definition) is 2. The minimum absolute atomic E-state index is 1.08. The van der Waals surface area contributed by atoms with Gasteiger partial charge in [0.25, 0.3) is 0 Å². The van der Waals surface area contributed by atoms with E-state index in [9.17, 15) is 0 Å². The normalized spacial score (nSPS) is 11.5. The second-order valence-corrected chi connectivity index (χ2v) is 17.1. The second kappa shape index (κ2) is 15.5. The van der Waals surface area contributed by atoms with E-state index in [4.69, 9.17) is 0 Å². The van der Waals surface area contributed by atoms with E-state index in [0.717, 1.165) is 28.3 Å². The molecular formula is C60H40N2S. The Balaban J connectivity index is 1.09. The first-order chi connectivity index (χ1) is 31.3. The number of nitrogens with zero attached hydrogens (tertiary/aromatic N) is 2. The zero-order valence-electron chi connectivity index (χ0n) is 34.4. The number of fused-ring (bicyclic) bond motifs is 6. The van der Waals surface area contributed by atoms with E-state index in [-0.39, 0.29) is 0 Å². The lowest BCUT2D eigenvalue weighted by Gasteiger charge is -2.28. The quantitative estimate of drug-likeness (QED) is 0.148. The summed E-state index contributed by atoms with van der Waals surface area (Å²) < 4.78 is 5.06. The lowest BCUT2D eigenvalue weighted by Crippen LogP contribution is -2.11. The Labute approximate surface area is 370 Å². The van der Waals surface area contributed by atoms with Crippen molar-refractivity contribution >= 4 is 70.4 Å². The predicted molar refractivity (Wildman–Crippen MR) is 270 cm³/mol. The van der Waals surface area contributed by atoms with Gasteiger partial charge in [-0.25, -0.2) is 0 Å². The van der Waals surface area contributed by atoms with Crippen LogP contribution in [0.5, 0.6) is 0 Å². The third-order valence-electron chi connectivity index (χ3n) is 12.4. The predicted octanol–water partition coefficient (Wildman–Crippen LogP) is 17.3. The molecule has 12 aromatic rings. The van der Waals surface area contributed by atoms with Crippen molar-refractivity contribution in [3.05, 3.63) is 243 Å². The molecule has 0 fully saturated rings. The highest BCUT2D eigenvalue weighted by Gasteiger charge is 2.22. The number of rotatable bonds is 8. The minimum atomic E-state index is 1.08. The van der Waals surface area contributed by atoms with Crippen LogP contribution in [-0.2, 0) is 0 Å². The van der Waals surface area contributed by atoms with Gasteiger partial charge in [0.1, 0.15) is 0 Å². The Kier molecular flexibility index (Phi) is 9.06. The Morgan fingerprint density at radius 1 is 0.317 bits per heavy atom. The molecule has 3 heteroatoms. The molecule has 0 N–H and O–H groups in total. The molecule has 12 rings (SSSR count). The van der Waals surface area contributed by atoms with Gasteiger partial charge in [-0.15, -0.1) is 11.3 Å². The third-order valence-corrected chi connectivity index (χ3v) is 13.6. The van der Waals surface area contributed by atoms with Gasteiger partial charge in [0.2, 0.25) is 0 Å². The van der Waals surface area contributed by atoms with Crippen LogP contribution < -0.4 is 4.90 Å². The summed E-state index contributed by atoms with van der Waals surface area (Å²) in [5, 5.41) is 5.03. The summed E-state index contributed by atoms with van der Waals surface area (Å²) >= 11 is 1.88. The molecule has 296 valence electrons. The van der Waals surface area contributed by atoms with Crippen LogP contribution in [-0.4, -0.2) is 4.57 Å². The van der Waals surface area contributed by atoms with Crippen LogP contribution in [0.1, 0.15) is 0 Å². The molecule has 2 aromatic heterocycles. The van der Waals surface area contributed by atoms with E-state index < -0.39 is 0 Å². The van der Waals surface area contributed by atoms with Crippen LogP contribution in [0.15, 0.2) is 243 Å². The molecule has 0 spiro atoms. The van der Waals surface area contributed by atoms with E-state index in [0.29, 0.717) is 0 Å². The molecule has 0 aliphatic rings. The van der Waals surface area contributed by atoms with Gasteiger partial charge in [0.05, 0.1) is 16.7 Å². The molecule has 2 heterocycles. The van der Waals surface area contributed by atoms with Crippen LogP contribution >= 0.6 is 11.3 Å². The van der Waals surface area contributed by atoms with Gasteiger partial charge >= 0.3 is 0 Å². The van der Waals surface area contributed by atoms with Crippen molar-refractivity contribution in [3.8, 4) is 50.2 Å². The Hall–Kier alpha value is -7.98. The van der Waals surface area contributed by atoms with Gasteiger partial charge in [-0.05, 0) is 88.0 Å². The highest BCUT2D eigenvalue weighted by atomic mass is 32.1. The molecule has 0 saturated heterocycles. The molecule has 0 aliphatic carbocycles. The van der Waals surface area contributed by atoms with E-state index in [1.54, 1.807) is 0 Å². The molecule has 0 bridgehead atoms. The van der Waals surface area contributed by atoms with Crippen molar-refractivity contribution in [1.82, 2.24) is 4.57 Å². The first-order valence-corrected chi connectivity index (χ1v) is 22.3. The van der Waals surface area contributed by atoms with Crippen molar-refractivity contribution < 1.29 is 0 Å². The summed E-state index contributed by atoms with van der Waals surface area (Å²) in [6.45, 7) is 0. The standard InChI is InChI=1S/C60H40N2S/c1-4-17-41(18-5-1)42-31-33-45(34-32-42)61(56-28-13-11-24-50(56)53-26-16-27-54-52-25-12-15-30-59(52)63-60(53)54)47-36-38-51-49-23-10-14-29-57(49)62(58(51)40-47)46-35-37-48(43-19-6-2-7-20-43)55(39-46)44-21-8-3-9-22-44/h1-40H. The van der Waals surface area contributed by atoms with Crippen LogP contribution in [0.2, 0.25) is 0 Å². The SMILES string of the molecule is c1ccc(-c2ccc(N(c3ccc4c5ccccc5n(-c5ccc(-c6ccccc6)c(-c6ccccc6)c5)c4c3)c3ccccc3-c3cccc4c3sc3ccccc34)cc2)cc1. The Bertz CT molecular complexity index is 3600. The van der Waals surface area contributed by atoms with Crippen molar-refractivity contribution in [2.75, 3.05) is 4.90 Å². The van der Waals surface area contributed by atoms with Crippen LogP contribution in [0.4, 0.5) is 17.1 Å². The van der Waals surface area contributed by atoms with Crippen molar-refractivity contribution in [2.24, 2.45) is 0 Å². The topological polar surface area (TPSA) is 8.17 Å². The van der Waals surface area contributed by atoms with Crippen molar-refractivity contribution in [1.29, 1.82) is 0 Å². The van der Waals surface area contributed by atoms with E-state index in [2.05, 4.69) is 252 Å². The maximum Gasteiger partial charge on any atom is 0.0561 e. The number of hydrogen-bond donors (Lipinski definition) is 0. The first-order valence-electron chi connectivity index (χ1n) is 21.5. The fraction of sp³-hybridized carbons (Fsp3) is 0. The van der Waals surface area contributed by atoms with Crippen LogP contribution in [0.25, 0.3) is 92.2 Å². The lowest BCUT2D eigenvalue weighted by atomic mass is 9.94. The van der Waals surface area contributed by atoms with Crippen molar-refractivity contribution in [3.63, 3.8) is 0 Å². The van der Waals surface area contributed by atoms with Crippen LogP contribution in [0, 0.1) is 0 Å². The van der Waals surface area contributed by atoms with Gasteiger partial charge in [-0.3, -0.25) is 0 Å². The van der Waals surface area contributed by atoms with Gasteiger partial charge in [-0.2, -0.15) is 0 Å². The summed E-state index contributed by atoms with van der Waals surface area (Å²) in [5.41, 5.74) is 16.3. The molecule has 0 radical (unpaired) electrons. The summed E-state index contributed by atoms with van der Waals surface area (Å²) in [4.78, 5) is 2.45. The summed E-state index contributed by atoms with van der Waals surface area (Å²) in [6.07, 6.45) is 0. The fourth-order valence-corrected chi connectivity index (χ4v) is 10.7. The summed E-state index contributed by atoms with van der Waals surface area (Å²) in [5.74, 6) is 0. The maximum absolute atomic E-state index is 2.45. The number of thiophene rings is 1. The average molecular weight is 821 g/mol. The third kappa shape index (κ3) is 6.41. The number of benzene rings is 10. The second-order valence-electron chi connectivity index (χ2n) is 16.1. The fourth-order valence-electron chi connectivity index (χ4n) is 9.49. The van der Waals surface area contributed by atoms with Gasteiger partial charge in [-0.1, -0.05) is 188 Å². The largest absolute Gasteiger partial charge is 0.310 e. The lowest BCUT2D eigenvalue weighted by molar-refractivity contribution is 1.18. The molecule has 10 aromatic carbocycles. The Morgan fingerprint density at radius 3 is 1.67 bits per heavy atom. The summed E-state index contributed by atoms with van der Waals surface area (Å²) in [7, 11) is 0. The smallest absolute Gasteiger partial charge is 0.0561 e. The van der Waals surface area contributed by atoms with Gasteiger partial charge in [0.15, 0.2) is 0 Å². The first kappa shape index (κ1) is 36.8. The molecule has 0 saturated carbocycles. The average Bonchev–Trinajstić information content (AvgIpc) is 3.91. The van der Waals surface area contributed by atoms with E-state index >= 15 is 0 Å². The maximum atomic E-state index is 2.45. The molecule has 0 atom stereocenters. The molecule has 0 aliphatic heterocycles. The van der Waals surface area contributed by atoms with Gasteiger partial charge < -0.3 is 9.47 Å². The Morgan fingerprint density at radius 2 is 0.889 bits per heavy atom. The number of para-hydroxylation sites is 2. The molecular weight excluding hydrogens is 781 g/mol. The zero-order valence-corrected chi connectivity index (χ0v) is 35.2. The number of anilines is 3. The highest BCUT2D eigenvalue weighted by Crippen LogP contribution is 2.47. The molecule has 0 unspecified atom stereocenters. The van der Waals surface area contributed by atoms with E-state index in [1.807, 2.05) is 11.3 Å². The van der Waals surface area contributed by atoms with Gasteiger partial charge in [0, 0.05) is 59.1 Å². The highest BCUT2D eigenvalue weighted by molar-refractivity contribution is 7.26. The molecule has 0 amide bonds. The van der Waals surface area contributed by atoms with Crippen LogP contribution in [0.3, 0.4) is 0 Å². The zero-order chi connectivity index (χ0) is 41.7. The van der Waals surface area contributed by atoms with E-state index in [1.165, 1.54) is 81.0 Å². The molecule has 2 nitrogen and oxygen atoms in total. The summed E-state index contributed by atoms with van der Waals surface area (Å²) in [6, 6.07) is 88.4.